The Morgan fingerprint density at radius 3 is 2.43 bits per heavy atom. The molecule has 0 radical (unpaired) electrons. The highest BCUT2D eigenvalue weighted by Crippen LogP contribution is 2.42. The fraction of sp³-hybridized carbons (Fsp3) is 0.533. The van der Waals surface area contributed by atoms with E-state index in [0.717, 1.165) is 24.3 Å². The first kappa shape index (κ1) is 16.3. The summed E-state index contributed by atoms with van der Waals surface area (Å²) in [6.45, 7) is 2.79. The van der Waals surface area contributed by atoms with Crippen LogP contribution in [-0.4, -0.2) is 32.5 Å². The molecule has 114 valence electrons. The lowest BCUT2D eigenvalue weighted by Crippen LogP contribution is -2.48. The first-order chi connectivity index (χ1) is 9.91. The van der Waals surface area contributed by atoms with E-state index in [2.05, 4.69) is 11.4 Å². The number of nitriles is 1. The van der Waals surface area contributed by atoms with Gasteiger partial charge in [-0.2, -0.15) is 5.26 Å². The average Bonchev–Trinajstić information content (AvgIpc) is 3.28. The molecule has 21 heavy (non-hydrogen) atoms. The maximum Gasteiger partial charge on any atom is 0.175 e. The van der Waals surface area contributed by atoms with E-state index in [0.29, 0.717) is 16.6 Å². The van der Waals surface area contributed by atoms with Crippen molar-refractivity contribution < 1.29 is 8.42 Å². The molecule has 4 nitrogen and oxygen atoms in total. The summed E-state index contributed by atoms with van der Waals surface area (Å²) in [7, 11) is -3.15. The molecule has 0 aromatic heterocycles. The standard InChI is InChI=1S/C15H20N2O2S2/c1-3-17-15(10-16,12-4-5-12)11-20-13-6-8-14(9-7-13)21(2,18)19/h6-9,12,17H,3-5,11H2,1-2H3. The average molecular weight is 324 g/mol. The maximum atomic E-state index is 11.4. The van der Waals surface area contributed by atoms with Crippen LogP contribution in [0.2, 0.25) is 0 Å². The molecular weight excluding hydrogens is 304 g/mol. The highest BCUT2D eigenvalue weighted by Gasteiger charge is 2.45. The second-order valence-corrected chi connectivity index (χ2v) is 8.48. The van der Waals surface area contributed by atoms with Crippen molar-refractivity contribution in [2.75, 3.05) is 18.6 Å². The number of hydrogen-bond donors (Lipinski definition) is 1. The molecule has 0 saturated heterocycles. The minimum absolute atomic E-state index is 0.326. The molecule has 1 aliphatic rings. The Bertz CT molecular complexity index is 631. The quantitative estimate of drug-likeness (QED) is 0.780. The molecule has 1 aromatic rings. The highest BCUT2D eigenvalue weighted by molar-refractivity contribution is 7.99. The number of rotatable bonds is 7. The van der Waals surface area contributed by atoms with Crippen molar-refractivity contribution in [2.45, 2.75) is 35.1 Å². The molecule has 0 bridgehead atoms. The Balaban J connectivity index is 2.06. The van der Waals surface area contributed by atoms with Crippen molar-refractivity contribution in [3.63, 3.8) is 0 Å². The van der Waals surface area contributed by atoms with Crippen molar-refractivity contribution in [3.05, 3.63) is 24.3 Å². The van der Waals surface area contributed by atoms with Crippen LogP contribution in [0.1, 0.15) is 19.8 Å². The van der Waals surface area contributed by atoms with E-state index >= 15 is 0 Å². The molecule has 1 N–H and O–H groups in total. The second-order valence-electron chi connectivity index (χ2n) is 5.42. The molecule has 1 saturated carbocycles. The second kappa shape index (κ2) is 6.39. The van der Waals surface area contributed by atoms with Crippen molar-refractivity contribution in [3.8, 4) is 6.07 Å². The first-order valence-electron chi connectivity index (χ1n) is 7.00. The third kappa shape index (κ3) is 4.00. The molecule has 2 rings (SSSR count). The van der Waals surface area contributed by atoms with E-state index in [1.807, 2.05) is 19.1 Å². The van der Waals surface area contributed by atoms with Gasteiger partial charge in [0.15, 0.2) is 9.84 Å². The third-order valence-electron chi connectivity index (χ3n) is 3.68. The lowest BCUT2D eigenvalue weighted by atomic mass is 9.98. The summed E-state index contributed by atoms with van der Waals surface area (Å²) in [6, 6.07) is 9.31. The summed E-state index contributed by atoms with van der Waals surface area (Å²) in [5, 5.41) is 12.9. The largest absolute Gasteiger partial charge is 0.299 e. The van der Waals surface area contributed by atoms with Crippen LogP contribution in [-0.2, 0) is 9.84 Å². The normalized spacial score (nSPS) is 18.0. The Morgan fingerprint density at radius 1 is 1.38 bits per heavy atom. The van der Waals surface area contributed by atoms with Gasteiger partial charge in [0.2, 0.25) is 0 Å². The van der Waals surface area contributed by atoms with Crippen LogP contribution < -0.4 is 5.32 Å². The number of benzene rings is 1. The van der Waals surface area contributed by atoms with E-state index < -0.39 is 15.4 Å². The molecule has 1 atom stereocenters. The van der Waals surface area contributed by atoms with E-state index in [4.69, 9.17) is 0 Å². The van der Waals surface area contributed by atoms with Crippen LogP contribution in [0.25, 0.3) is 0 Å². The molecule has 0 heterocycles. The number of nitrogens with one attached hydrogen (secondary N) is 1. The molecule has 0 aliphatic heterocycles. The molecule has 6 heteroatoms. The Morgan fingerprint density at radius 2 is 2.00 bits per heavy atom. The van der Waals surface area contributed by atoms with Gasteiger partial charge in [0.05, 0.1) is 11.0 Å². The van der Waals surface area contributed by atoms with E-state index in [9.17, 15) is 13.7 Å². The Kier molecular flexibility index (Phi) is 4.97. The Labute approximate surface area is 130 Å². The number of sulfone groups is 1. The van der Waals surface area contributed by atoms with Crippen molar-refractivity contribution in [1.29, 1.82) is 5.26 Å². The predicted molar refractivity (Wildman–Crippen MR) is 85.0 cm³/mol. The molecule has 0 amide bonds. The van der Waals surface area contributed by atoms with E-state index in [1.54, 1.807) is 23.9 Å². The van der Waals surface area contributed by atoms with Crippen LogP contribution in [0, 0.1) is 17.2 Å². The molecule has 1 aliphatic carbocycles. The zero-order valence-electron chi connectivity index (χ0n) is 12.3. The summed E-state index contributed by atoms with van der Waals surface area (Å²) in [6.07, 6.45) is 3.41. The topological polar surface area (TPSA) is 70.0 Å². The summed E-state index contributed by atoms with van der Waals surface area (Å²) in [4.78, 5) is 1.31. The van der Waals surface area contributed by atoms with E-state index in [1.165, 1.54) is 6.26 Å². The number of hydrogen-bond acceptors (Lipinski definition) is 5. The van der Waals surface area contributed by atoms with E-state index in [-0.39, 0.29) is 0 Å². The SMILES string of the molecule is CCNC(C#N)(CSc1ccc(S(C)(=O)=O)cc1)C1CC1. The molecule has 1 fully saturated rings. The smallest absolute Gasteiger partial charge is 0.175 e. The molecular formula is C15H20N2O2S2. The summed E-state index contributed by atoms with van der Waals surface area (Å²) >= 11 is 1.60. The summed E-state index contributed by atoms with van der Waals surface area (Å²) in [5.41, 5.74) is -0.463. The molecule has 0 spiro atoms. The van der Waals surface area contributed by atoms with Crippen LogP contribution in [0.4, 0.5) is 0 Å². The number of nitrogens with zero attached hydrogens (tertiary/aromatic N) is 1. The van der Waals surface area contributed by atoms with Gasteiger partial charge in [0, 0.05) is 16.9 Å². The van der Waals surface area contributed by atoms with Gasteiger partial charge in [-0.25, -0.2) is 8.42 Å². The third-order valence-corrected chi connectivity index (χ3v) is 6.02. The highest BCUT2D eigenvalue weighted by atomic mass is 32.2. The van der Waals surface area contributed by atoms with Crippen molar-refractivity contribution >= 4 is 21.6 Å². The van der Waals surface area contributed by atoms with Crippen LogP contribution >= 0.6 is 11.8 Å². The van der Waals surface area contributed by atoms with Gasteiger partial charge in [-0.05, 0) is 49.6 Å². The molecule has 1 unspecified atom stereocenters. The van der Waals surface area contributed by atoms with Gasteiger partial charge in [-0.1, -0.05) is 6.92 Å². The lowest BCUT2D eigenvalue weighted by molar-refractivity contribution is 0.416. The fourth-order valence-corrected chi connectivity index (χ4v) is 4.10. The van der Waals surface area contributed by atoms with Gasteiger partial charge in [-0.15, -0.1) is 11.8 Å². The summed E-state index contributed by atoms with van der Waals surface area (Å²) < 4.78 is 22.9. The minimum Gasteiger partial charge on any atom is -0.299 e. The van der Waals surface area contributed by atoms with Gasteiger partial charge < -0.3 is 0 Å². The molecule has 1 aromatic carbocycles. The monoisotopic (exact) mass is 324 g/mol. The zero-order valence-corrected chi connectivity index (χ0v) is 13.9. The number of thioether (sulfide) groups is 1. The van der Waals surface area contributed by atoms with Crippen molar-refractivity contribution in [2.24, 2.45) is 5.92 Å². The lowest BCUT2D eigenvalue weighted by Gasteiger charge is -2.27. The van der Waals surface area contributed by atoms with Gasteiger partial charge in [0.25, 0.3) is 0 Å². The predicted octanol–water partition coefficient (Wildman–Crippen LogP) is 2.46. The van der Waals surface area contributed by atoms with Crippen LogP contribution in [0.15, 0.2) is 34.1 Å². The van der Waals surface area contributed by atoms with Gasteiger partial charge >= 0.3 is 0 Å². The fourth-order valence-electron chi connectivity index (χ4n) is 2.35. The van der Waals surface area contributed by atoms with Crippen LogP contribution in [0.5, 0.6) is 0 Å². The first-order valence-corrected chi connectivity index (χ1v) is 9.88. The summed E-state index contributed by atoms with van der Waals surface area (Å²) in [5.74, 6) is 1.12. The van der Waals surface area contributed by atoms with Gasteiger partial charge in [0.1, 0.15) is 5.54 Å². The van der Waals surface area contributed by atoms with Crippen LogP contribution in [0.3, 0.4) is 0 Å². The Hall–Kier alpha value is -1.03. The maximum absolute atomic E-state index is 11.4. The minimum atomic E-state index is -3.15. The van der Waals surface area contributed by atoms with Gasteiger partial charge in [-0.3, -0.25) is 5.32 Å². The zero-order chi connectivity index (χ0) is 15.5. The van der Waals surface area contributed by atoms with Crippen molar-refractivity contribution in [1.82, 2.24) is 5.32 Å².